The average Bonchev–Trinajstić information content (AvgIpc) is 3.28. The Morgan fingerprint density at radius 3 is 1.58 bits per heavy atom. The molecule has 2 heterocycles. The minimum absolute atomic E-state index is 0.0462. The molecule has 0 unspecified atom stereocenters. The molecule has 4 aromatic carbocycles. The van der Waals surface area contributed by atoms with Crippen molar-refractivity contribution in [3.63, 3.8) is 0 Å². The summed E-state index contributed by atoms with van der Waals surface area (Å²) in [5.74, 6) is 0.457. The van der Waals surface area contributed by atoms with E-state index in [1.54, 1.807) is 75.6 Å². The summed E-state index contributed by atoms with van der Waals surface area (Å²) >= 11 is 13.5. The van der Waals surface area contributed by atoms with Crippen LogP contribution in [0.2, 0.25) is 10.0 Å². The highest BCUT2D eigenvalue weighted by molar-refractivity contribution is 6.32. The van der Waals surface area contributed by atoms with Crippen LogP contribution in [0.3, 0.4) is 0 Å². The molecule has 6 aromatic rings. The van der Waals surface area contributed by atoms with Crippen LogP contribution in [0.15, 0.2) is 108 Å². The van der Waals surface area contributed by atoms with E-state index in [2.05, 4.69) is 37.4 Å². The predicted octanol–water partition coefficient (Wildman–Crippen LogP) is 8.90. The quantitative estimate of drug-likeness (QED) is 0.0507. The van der Waals surface area contributed by atoms with Crippen molar-refractivity contribution < 1.29 is 39.1 Å². The van der Waals surface area contributed by atoms with Gasteiger partial charge in [-0.05, 0) is 78.4 Å². The number of aliphatic imine (C=N–C) groups is 2. The molecule has 0 aliphatic carbocycles. The summed E-state index contributed by atoms with van der Waals surface area (Å²) in [6, 6.07) is 21.4. The van der Waals surface area contributed by atoms with Crippen LogP contribution in [0, 0.1) is 13.8 Å². The van der Waals surface area contributed by atoms with E-state index >= 15 is 0 Å². The van der Waals surface area contributed by atoms with Gasteiger partial charge in [0.15, 0.2) is 0 Å². The molecule has 0 saturated heterocycles. The Kier molecular flexibility index (Phi) is 17.0. The van der Waals surface area contributed by atoms with Gasteiger partial charge in [-0.25, -0.2) is 0 Å². The summed E-state index contributed by atoms with van der Waals surface area (Å²) in [6.07, 6.45) is 9.08. The number of carbonyl (C=O) groups is 1. The molecule has 0 aliphatic heterocycles. The first-order valence-corrected chi connectivity index (χ1v) is 21.4. The lowest BCUT2D eigenvalue weighted by atomic mass is 9.92. The molecule has 338 valence electrons. The number of ether oxygens (including phenoxy) is 4. The van der Waals surface area contributed by atoms with Gasteiger partial charge in [-0.3, -0.25) is 30.1 Å². The maximum absolute atomic E-state index is 11.8. The highest BCUT2D eigenvalue weighted by Crippen LogP contribution is 2.37. The molecule has 0 radical (unpaired) electrons. The van der Waals surface area contributed by atoms with E-state index in [9.17, 15) is 20.1 Å². The molecule has 0 aliphatic rings. The topological polar surface area (TPSA) is 177 Å². The minimum atomic E-state index is -1.21. The Labute approximate surface area is 388 Å². The number of benzene rings is 4. The maximum atomic E-state index is 11.8. The molecule has 2 atom stereocenters. The Balaban J connectivity index is 1.19. The van der Waals surface area contributed by atoms with E-state index < -0.39 is 18.1 Å². The maximum Gasteiger partial charge on any atom is 0.323 e. The predicted molar refractivity (Wildman–Crippen MR) is 253 cm³/mol. The Morgan fingerprint density at radius 1 is 0.677 bits per heavy atom. The van der Waals surface area contributed by atoms with E-state index in [0.29, 0.717) is 44.2 Å². The second kappa shape index (κ2) is 23.0. The standard InChI is InChI=1S/C50H51Cl2N5O8/c1-30-37(28-64-47-16-45(62-26-35-12-33(18-53-4)20-55-22-35)39(14-43(47)51)24-57-49(32(3)59)50(60)61)8-6-10-41(30)42-11-7-9-38(31(42)2)29-65-48-17-46(40(25-58)15-44(48)52)63-27-36-13-34(19-54-5)21-56-23-36/h6-23,32,49,57-59H,24-29H2,1-5H3,(H,60,61)/t32-,49+/m0/s1. The molecule has 15 heteroatoms. The number of hydrogen-bond donors (Lipinski definition) is 4. The number of aliphatic hydroxyl groups is 2. The van der Waals surface area contributed by atoms with Crippen molar-refractivity contribution in [3.8, 4) is 34.1 Å². The Hall–Kier alpha value is -6.35. The molecule has 13 nitrogen and oxygen atoms in total. The van der Waals surface area contributed by atoms with Crippen molar-refractivity contribution >= 4 is 41.6 Å². The van der Waals surface area contributed by atoms with E-state index in [1.165, 1.54) is 6.92 Å². The zero-order chi connectivity index (χ0) is 46.5. The van der Waals surface area contributed by atoms with Gasteiger partial charge >= 0.3 is 5.97 Å². The number of carboxylic acid groups (broad SMARTS) is 1. The zero-order valence-corrected chi connectivity index (χ0v) is 38.2. The number of rotatable bonds is 21. The average molecular weight is 921 g/mol. The first kappa shape index (κ1) is 48.1. The van der Waals surface area contributed by atoms with Gasteiger partial charge in [0.05, 0.1) is 22.8 Å². The van der Waals surface area contributed by atoms with Gasteiger partial charge in [0.2, 0.25) is 0 Å². The van der Waals surface area contributed by atoms with Crippen LogP contribution in [0.1, 0.15) is 62.6 Å². The second-order valence-corrected chi connectivity index (χ2v) is 16.1. The molecule has 0 fully saturated rings. The van der Waals surface area contributed by atoms with Crippen molar-refractivity contribution in [2.45, 2.75) is 72.5 Å². The molecular formula is C50H51Cl2N5O8. The largest absolute Gasteiger partial charge is 0.488 e. The van der Waals surface area contributed by atoms with E-state index in [1.807, 2.05) is 50.2 Å². The first-order chi connectivity index (χ1) is 31.4. The number of hydrogen-bond acceptors (Lipinski definition) is 12. The van der Waals surface area contributed by atoms with Gasteiger partial charge in [0, 0.05) is 103 Å². The monoisotopic (exact) mass is 919 g/mol. The molecule has 4 N–H and O–H groups in total. The van der Waals surface area contributed by atoms with Crippen LogP contribution in [-0.2, 0) is 44.4 Å². The fraction of sp³-hybridized carbons (Fsp3) is 0.260. The molecule has 0 bridgehead atoms. The van der Waals surface area contributed by atoms with Crippen molar-refractivity contribution in [1.82, 2.24) is 15.3 Å². The van der Waals surface area contributed by atoms with E-state index in [-0.39, 0.29) is 39.6 Å². The van der Waals surface area contributed by atoms with Crippen LogP contribution in [-0.4, -0.2) is 69.9 Å². The molecule has 0 saturated carbocycles. The van der Waals surface area contributed by atoms with Crippen molar-refractivity contribution in [2.75, 3.05) is 14.1 Å². The molecule has 6 rings (SSSR count). The first-order valence-electron chi connectivity index (χ1n) is 20.7. The lowest BCUT2D eigenvalue weighted by molar-refractivity contribution is -0.142. The molecule has 65 heavy (non-hydrogen) atoms. The summed E-state index contributed by atoms with van der Waals surface area (Å²) in [5.41, 5.74) is 10.3. The van der Waals surface area contributed by atoms with Crippen LogP contribution in [0.5, 0.6) is 23.0 Å². The number of pyridine rings is 2. The number of aromatic nitrogens is 2. The third kappa shape index (κ3) is 12.7. The fourth-order valence-electron chi connectivity index (χ4n) is 7.10. The highest BCUT2D eigenvalue weighted by Gasteiger charge is 2.24. The number of nitrogens with zero attached hydrogens (tertiary/aromatic N) is 4. The molecule has 0 amide bonds. The SMILES string of the molecule is CN=Cc1cncc(COc2cc(OCc3cccc(-c4cccc(COc5cc(OCc6cncc(C=NC)c6)c(CN[C@@H](C(=O)O)[C@H](C)O)cc5Cl)c4C)c3C)c(Cl)cc2CO)c1. The lowest BCUT2D eigenvalue weighted by Crippen LogP contribution is -2.44. The highest BCUT2D eigenvalue weighted by atomic mass is 35.5. The van der Waals surface area contributed by atoms with Crippen LogP contribution < -0.4 is 24.3 Å². The van der Waals surface area contributed by atoms with E-state index in [0.717, 1.165) is 55.6 Å². The summed E-state index contributed by atoms with van der Waals surface area (Å²) in [5, 5.41) is 33.3. The molecule has 2 aromatic heterocycles. The number of nitrogens with one attached hydrogen (secondary N) is 1. The number of halogens is 2. The number of carboxylic acids is 1. The van der Waals surface area contributed by atoms with Gasteiger partial charge in [0.1, 0.15) is 55.5 Å². The third-order valence-electron chi connectivity index (χ3n) is 10.6. The smallest absolute Gasteiger partial charge is 0.323 e. The van der Waals surface area contributed by atoms with Crippen LogP contribution in [0.25, 0.3) is 11.1 Å². The minimum Gasteiger partial charge on any atom is -0.488 e. The van der Waals surface area contributed by atoms with Gasteiger partial charge in [0.25, 0.3) is 0 Å². The van der Waals surface area contributed by atoms with Crippen molar-refractivity contribution in [3.05, 3.63) is 163 Å². The Bertz CT molecular complexity index is 2670. The molecule has 0 spiro atoms. The lowest BCUT2D eigenvalue weighted by Gasteiger charge is -2.20. The fourth-order valence-corrected chi connectivity index (χ4v) is 7.58. The van der Waals surface area contributed by atoms with E-state index in [4.69, 9.17) is 42.1 Å². The van der Waals surface area contributed by atoms with Gasteiger partial charge in [-0.2, -0.15) is 0 Å². The number of aliphatic carboxylic acids is 1. The van der Waals surface area contributed by atoms with Crippen molar-refractivity contribution in [2.24, 2.45) is 9.98 Å². The van der Waals surface area contributed by atoms with Gasteiger partial charge in [-0.15, -0.1) is 0 Å². The normalized spacial score (nSPS) is 12.4. The third-order valence-corrected chi connectivity index (χ3v) is 11.2. The van der Waals surface area contributed by atoms with Crippen molar-refractivity contribution in [1.29, 1.82) is 0 Å². The molecular weight excluding hydrogens is 869 g/mol. The summed E-state index contributed by atoms with van der Waals surface area (Å²) in [4.78, 5) is 28.5. The summed E-state index contributed by atoms with van der Waals surface area (Å²) in [6.45, 7) is 6.06. The van der Waals surface area contributed by atoms with Gasteiger partial charge < -0.3 is 34.3 Å². The van der Waals surface area contributed by atoms with Crippen LogP contribution in [0.4, 0.5) is 0 Å². The summed E-state index contributed by atoms with van der Waals surface area (Å²) in [7, 11) is 3.38. The zero-order valence-electron chi connectivity index (χ0n) is 36.7. The number of aliphatic hydroxyl groups excluding tert-OH is 2. The summed E-state index contributed by atoms with van der Waals surface area (Å²) < 4.78 is 25.1. The Morgan fingerprint density at radius 2 is 1.14 bits per heavy atom. The van der Waals surface area contributed by atoms with Crippen LogP contribution >= 0.6 is 23.2 Å². The van der Waals surface area contributed by atoms with Gasteiger partial charge in [-0.1, -0.05) is 59.6 Å². The second-order valence-electron chi connectivity index (χ2n) is 15.2.